The number of benzene rings is 3. The minimum Gasteiger partial charge on any atom is -0.508 e. The van der Waals surface area contributed by atoms with Gasteiger partial charge in [-0.05, 0) is 57.2 Å². The molecule has 0 aliphatic heterocycles. The summed E-state index contributed by atoms with van der Waals surface area (Å²) in [5.74, 6) is 0.988. The van der Waals surface area contributed by atoms with Crippen LogP contribution in [0.3, 0.4) is 0 Å². The molecule has 3 aromatic carbocycles. The number of aromatic hydroxyl groups is 3. The predicted octanol–water partition coefficient (Wildman–Crippen LogP) is 5.10. The largest absolute Gasteiger partial charge is 0.508 e. The molecule has 0 spiro atoms. The molecule has 3 nitrogen and oxygen atoms in total. The first-order valence-electron chi connectivity index (χ1n) is 7.63. The summed E-state index contributed by atoms with van der Waals surface area (Å²) >= 11 is 0. The van der Waals surface area contributed by atoms with E-state index in [-0.39, 0.29) is 40.4 Å². The van der Waals surface area contributed by atoms with Crippen molar-refractivity contribution in [2.45, 2.75) is 20.8 Å². The third-order valence-corrected chi connectivity index (χ3v) is 3.10. The van der Waals surface area contributed by atoms with Crippen LogP contribution in [0.5, 0.6) is 17.2 Å². The van der Waals surface area contributed by atoms with E-state index < -0.39 is 0 Å². The van der Waals surface area contributed by atoms with E-state index >= 15 is 0 Å². The molecule has 25 heavy (non-hydrogen) atoms. The van der Waals surface area contributed by atoms with Crippen LogP contribution >= 0.6 is 0 Å². The van der Waals surface area contributed by atoms with Crippen molar-refractivity contribution < 1.29 is 55.7 Å². The number of phenols is 3. The number of phenolic OH excluding ortho intramolecular Hbond substituents is 3. The normalized spacial score (nSPS) is 8.76. The zero-order valence-corrected chi connectivity index (χ0v) is 17.3. The van der Waals surface area contributed by atoms with E-state index in [2.05, 4.69) is 0 Å². The van der Waals surface area contributed by atoms with Gasteiger partial charge in [0, 0.05) is 40.4 Å². The summed E-state index contributed by atoms with van der Waals surface area (Å²) in [6, 6.07) is 21.3. The van der Waals surface area contributed by atoms with Crippen LogP contribution < -0.4 is 0 Å². The molecule has 0 aromatic heterocycles. The average Bonchev–Trinajstić information content (AvgIpc) is 2.57. The predicted molar refractivity (Wildman–Crippen MR) is 98.5 cm³/mol. The van der Waals surface area contributed by atoms with Gasteiger partial charge in [0.1, 0.15) is 17.2 Å². The molecule has 4 heteroatoms. The Morgan fingerprint density at radius 1 is 0.400 bits per heavy atom. The fourth-order valence-corrected chi connectivity index (χ4v) is 1.63. The van der Waals surface area contributed by atoms with Gasteiger partial charge < -0.3 is 15.3 Å². The van der Waals surface area contributed by atoms with Crippen molar-refractivity contribution in [3.63, 3.8) is 0 Å². The van der Waals surface area contributed by atoms with Gasteiger partial charge in [-0.2, -0.15) is 0 Å². The van der Waals surface area contributed by atoms with Gasteiger partial charge in [-0.15, -0.1) is 0 Å². The van der Waals surface area contributed by atoms with E-state index in [9.17, 15) is 0 Å². The number of rotatable bonds is 0. The van der Waals surface area contributed by atoms with E-state index in [0.717, 1.165) is 0 Å². The molecule has 0 atom stereocenters. The molecule has 0 saturated heterocycles. The molecule has 0 radical (unpaired) electrons. The minimum absolute atomic E-state index is 0. The summed E-state index contributed by atoms with van der Waals surface area (Å²) in [5.41, 5.74) is 3.51. The molecule has 132 valence electrons. The summed E-state index contributed by atoms with van der Waals surface area (Å²) < 4.78 is 0. The number of aryl methyl sites for hydroxylation is 3. The SMILES string of the molecule is Cc1ccc(O)cc1.Cc1ccc(O)cc1.Cc1ccc(O)cc1.[Sm]. The van der Waals surface area contributed by atoms with Crippen LogP contribution in [-0.2, 0) is 0 Å². The van der Waals surface area contributed by atoms with Crippen LogP contribution in [0, 0.1) is 61.2 Å². The standard InChI is InChI=1S/3C7H8O.Sm/c3*1-6-2-4-7(8)5-3-6;/h3*2-5,8H,1H3;. The van der Waals surface area contributed by atoms with Crippen molar-refractivity contribution in [2.24, 2.45) is 0 Å². The fourth-order valence-electron chi connectivity index (χ4n) is 1.63. The van der Waals surface area contributed by atoms with Crippen molar-refractivity contribution in [3.8, 4) is 17.2 Å². The van der Waals surface area contributed by atoms with Crippen molar-refractivity contribution >= 4 is 0 Å². The van der Waals surface area contributed by atoms with Gasteiger partial charge in [0.2, 0.25) is 0 Å². The zero-order chi connectivity index (χ0) is 17.9. The smallest absolute Gasteiger partial charge is 0.115 e. The van der Waals surface area contributed by atoms with Crippen LogP contribution in [0.25, 0.3) is 0 Å². The Balaban J connectivity index is 0.000000339. The summed E-state index contributed by atoms with van der Waals surface area (Å²) in [5, 5.41) is 26.3. The maximum atomic E-state index is 8.76. The second-order valence-corrected chi connectivity index (χ2v) is 5.51. The molecule has 0 aliphatic rings. The molecular weight excluding hydrogens is 451 g/mol. The van der Waals surface area contributed by atoms with Crippen molar-refractivity contribution in [2.75, 3.05) is 0 Å². The summed E-state index contributed by atoms with van der Waals surface area (Å²) in [7, 11) is 0. The number of hydrogen-bond donors (Lipinski definition) is 3. The molecule has 0 heterocycles. The molecule has 0 saturated carbocycles. The molecule has 0 amide bonds. The Kier molecular flexibility index (Phi) is 11.9. The molecule has 3 rings (SSSR count). The summed E-state index contributed by atoms with van der Waals surface area (Å²) in [4.78, 5) is 0. The Labute approximate surface area is 182 Å². The third-order valence-electron chi connectivity index (χ3n) is 3.10. The Bertz CT molecular complexity index is 539. The van der Waals surface area contributed by atoms with Crippen LogP contribution in [0.2, 0.25) is 0 Å². The summed E-state index contributed by atoms with van der Waals surface area (Å²) in [6.07, 6.45) is 0. The second-order valence-electron chi connectivity index (χ2n) is 5.51. The topological polar surface area (TPSA) is 60.7 Å². The zero-order valence-electron chi connectivity index (χ0n) is 14.7. The van der Waals surface area contributed by atoms with Crippen molar-refractivity contribution in [3.05, 3.63) is 89.5 Å². The Morgan fingerprint density at radius 2 is 0.560 bits per heavy atom. The van der Waals surface area contributed by atoms with Crippen LogP contribution in [0.15, 0.2) is 72.8 Å². The average molecular weight is 475 g/mol. The van der Waals surface area contributed by atoms with E-state index in [0.29, 0.717) is 17.2 Å². The van der Waals surface area contributed by atoms with E-state index in [1.54, 1.807) is 36.4 Å². The monoisotopic (exact) mass is 476 g/mol. The molecule has 0 aliphatic carbocycles. The third kappa shape index (κ3) is 11.6. The maximum absolute atomic E-state index is 8.76. The van der Waals surface area contributed by atoms with Gasteiger partial charge in [0.25, 0.3) is 0 Å². The second kappa shape index (κ2) is 12.7. The first kappa shape index (κ1) is 23.4. The molecule has 0 fully saturated rings. The maximum Gasteiger partial charge on any atom is 0.115 e. The minimum atomic E-state index is 0. The Morgan fingerprint density at radius 3 is 0.680 bits per heavy atom. The van der Waals surface area contributed by atoms with E-state index in [1.807, 2.05) is 57.2 Å². The van der Waals surface area contributed by atoms with Crippen LogP contribution in [0.1, 0.15) is 16.7 Å². The van der Waals surface area contributed by atoms with E-state index in [4.69, 9.17) is 15.3 Å². The Hall–Kier alpha value is -1.60. The van der Waals surface area contributed by atoms with E-state index in [1.165, 1.54) is 16.7 Å². The van der Waals surface area contributed by atoms with Crippen molar-refractivity contribution in [1.29, 1.82) is 0 Å². The first-order valence-corrected chi connectivity index (χ1v) is 7.63. The molecule has 0 unspecified atom stereocenters. The fraction of sp³-hybridized carbons (Fsp3) is 0.143. The molecule has 3 aromatic rings. The van der Waals surface area contributed by atoms with Crippen molar-refractivity contribution in [1.82, 2.24) is 0 Å². The van der Waals surface area contributed by atoms with Gasteiger partial charge in [-0.25, -0.2) is 0 Å². The summed E-state index contributed by atoms with van der Waals surface area (Å²) in [6.45, 7) is 5.96. The van der Waals surface area contributed by atoms with Crippen LogP contribution in [0.4, 0.5) is 0 Å². The van der Waals surface area contributed by atoms with Gasteiger partial charge in [0.05, 0.1) is 0 Å². The van der Waals surface area contributed by atoms with Gasteiger partial charge in [-0.3, -0.25) is 0 Å². The number of hydrogen-bond acceptors (Lipinski definition) is 3. The molecule has 0 bridgehead atoms. The van der Waals surface area contributed by atoms with Crippen LogP contribution in [-0.4, -0.2) is 15.3 Å². The molecular formula is C21H24O3Sm. The first-order chi connectivity index (χ1) is 11.4. The van der Waals surface area contributed by atoms with Gasteiger partial charge in [-0.1, -0.05) is 53.1 Å². The quantitative estimate of drug-likeness (QED) is 0.425. The molecule has 3 N–H and O–H groups in total. The van der Waals surface area contributed by atoms with Gasteiger partial charge >= 0.3 is 0 Å². The van der Waals surface area contributed by atoms with Gasteiger partial charge in [0.15, 0.2) is 0 Å².